The van der Waals surface area contributed by atoms with Crippen molar-refractivity contribution >= 4 is 22.4 Å². The van der Waals surface area contributed by atoms with Crippen molar-refractivity contribution in [1.29, 1.82) is 0 Å². The summed E-state index contributed by atoms with van der Waals surface area (Å²) >= 11 is 1.45. The fraction of sp³-hybridized carbons (Fsp3) is 0.500. The Hall–Kier alpha value is -2.15. The van der Waals surface area contributed by atoms with E-state index in [1.807, 2.05) is 6.92 Å². The van der Waals surface area contributed by atoms with Crippen LogP contribution in [0.15, 0.2) is 18.2 Å². The van der Waals surface area contributed by atoms with Crippen molar-refractivity contribution in [3.63, 3.8) is 0 Å². The summed E-state index contributed by atoms with van der Waals surface area (Å²) in [5.41, 5.74) is 0.509. The lowest BCUT2D eigenvalue weighted by molar-refractivity contribution is 0.102. The summed E-state index contributed by atoms with van der Waals surface area (Å²) in [7, 11) is 0. The van der Waals surface area contributed by atoms with Crippen LogP contribution in [0, 0.1) is 0 Å². The van der Waals surface area contributed by atoms with Crippen molar-refractivity contribution in [3.05, 3.63) is 28.8 Å². The van der Waals surface area contributed by atoms with E-state index in [0.717, 1.165) is 17.8 Å². The summed E-state index contributed by atoms with van der Waals surface area (Å²) in [6, 6.07) is 5.23. The van der Waals surface area contributed by atoms with Crippen LogP contribution in [0.2, 0.25) is 0 Å². The van der Waals surface area contributed by atoms with Crippen LogP contribution in [0.25, 0.3) is 0 Å². The van der Waals surface area contributed by atoms with Crippen molar-refractivity contribution in [2.45, 2.75) is 45.4 Å². The molecule has 1 heterocycles. The SMILES string of the molecule is CCCCOc1ccc(C(=O)Nc2nnc(C3CC3)s2)cc1OCC. The molecule has 0 radical (unpaired) electrons. The van der Waals surface area contributed by atoms with Gasteiger partial charge in [-0.05, 0) is 44.4 Å². The van der Waals surface area contributed by atoms with E-state index in [1.165, 1.54) is 24.2 Å². The average Bonchev–Trinajstić information content (AvgIpc) is 3.36. The first-order valence-corrected chi connectivity index (χ1v) is 9.57. The van der Waals surface area contributed by atoms with E-state index in [4.69, 9.17) is 9.47 Å². The van der Waals surface area contributed by atoms with Crippen LogP contribution < -0.4 is 14.8 Å². The van der Waals surface area contributed by atoms with E-state index in [-0.39, 0.29) is 5.91 Å². The van der Waals surface area contributed by atoms with Crippen molar-refractivity contribution in [1.82, 2.24) is 10.2 Å². The zero-order valence-electron chi connectivity index (χ0n) is 14.6. The molecular weight excluding hydrogens is 338 g/mol. The van der Waals surface area contributed by atoms with Gasteiger partial charge in [0.05, 0.1) is 13.2 Å². The van der Waals surface area contributed by atoms with Crippen molar-refractivity contribution < 1.29 is 14.3 Å². The molecule has 0 atom stereocenters. The van der Waals surface area contributed by atoms with Crippen LogP contribution in [0.1, 0.15) is 60.8 Å². The maximum Gasteiger partial charge on any atom is 0.257 e. The Balaban J connectivity index is 1.68. The molecule has 7 heteroatoms. The molecule has 1 amide bonds. The summed E-state index contributed by atoms with van der Waals surface area (Å²) in [5, 5.41) is 12.5. The topological polar surface area (TPSA) is 73.3 Å². The minimum absolute atomic E-state index is 0.223. The van der Waals surface area contributed by atoms with Gasteiger partial charge in [-0.2, -0.15) is 0 Å². The van der Waals surface area contributed by atoms with Crippen LogP contribution in [-0.4, -0.2) is 29.3 Å². The molecule has 1 aromatic heterocycles. The summed E-state index contributed by atoms with van der Waals surface area (Å²) in [5.74, 6) is 1.56. The number of aromatic nitrogens is 2. The Morgan fingerprint density at radius 2 is 2.08 bits per heavy atom. The number of amides is 1. The molecule has 2 aromatic rings. The molecule has 1 saturated carbocycles. The van der Waals surface area contributed by atoms with Gasteiger partial charge in [-0.1, -0.05) is 24.7 Å². The number of rotatable bonds is 9. The van der Waals surface area contributed by atoms with E-state index in [2.05, 4.69) is 22.4 Å². The average molecular weight is 361 g/mol. The summed E-state index contributed by atoms with van der Waals surface area (Å²) in [6.45, 7) is 5.17. The van der Waals surface area contributed by atoms with Gasteiger partial charge in [0.15, 0.2) is 11.5 Å². The summed E-state index contributed by atoms with van der Waals surface area (Å²) < 4.78 is 11.4. The smallest absolute Gasteiger partial charge is 0.257 e. The van der Waals surface area contributed by atoms with Gasteiger partial charge in [-0.25, -0.2) is 0 Å². The minimum Gasteiger partial charge on any atom is -0.490 e. The molecule has 1 N–H and O–H groups in total. The molecular formula is C18H23N3O3S. The number of benzene rings is 1. The Morgan fingerprint density at radius 3 is 2.80 bits per heavy atom. The van der Waals surface area contributed by atoms with Crippen LogP contribution >= 0.6 is 11.3 Å². The van der Waals surface area contributed by atoms with E-state index in [1.54, 1.807) is 18.2 Å². The monoisotopic (exact) mass is 361 g/mol. The molecule has 0 aliphatic heterocycles. The molecule has 134 valence electrons. The fourth-order valence-corrected chi connectivity index (χ4v) is 3.22. The molecule has 1 fully saturated rings. The Morgan fingerprint density at radius 1 is 1.24 bits per heavy atom. The number of nitrogens with one attached hydrogen (secondary N) is 1. The molecule has 6 nitrogen and oxygen atoms in total. The highest BCUT2D eigenvalue weighted by molar-refractivity contribution is 7.15. The highest BCUT2D eigenvalue weighted by Gasteiger charge is 2.27. The molecule has 25 heavy (non-hydrogen) atoms. The predicted molar refractivity (Wildman–Crippen MR) is 97.9 cm³/mol. The molecule has 0 bridgehead atoms. The lowest BCUT2D eigenvalue weighted by Crippen LogP contribution is -2.12. The molecule has 0 spiro atoms. The zero-order chi connectivity index (χ0) is 17.6. The second-order valence-electron chi connectivity index (χ2n) is 5.97. The third-order valence-corrected chi connectivity index (χ3v) is 4.85. The normalized spacial score (nSPS) is 13.5. The maximum absolute atomic E-state index is 12.5. The zero-order valence-corrected chi connectivity index (χ0v) is 15.4. The third-order valence-electron chi connectivity index (χ3n) is 3.85. The second kappa shape index (κ2) is 8.29. The lowest BCUT2D eigenvalue weighted by atomic mass is 10.2. The van der Waals surface area contributed by atoms with E-state index < -0.39 is 0 Å². The van der Waals surface area contributed by atoms with Crippen LogP contribution in [-0.2, 0) is 0 Å². The quantitative estimate of drug-likeness (QED) is 0.676. The second-order valence-corrected chi connectivity index (χ2v) is 6.98. The minimum atomic E-state index is -0.223. The first-order valence-electron chi connectivity index (χ1n) is 8.75. The molecule has 1 aliphatic carbocycles. The fourth-order valence-electron chi connectivity index (χ4n) is 2.31. The standard InChI is InChI=1S/C18H23N3O3S/c1-3-5-10-24-14-9-8-13(11-15(14)23-4-2)16(22)19-18-21-20-17(25-18)12-6-7-12/h8-9,11-12H,3-7,10H2,1-2H3,(H,19,21,22). The molecule has 3 rings (SSSR count). The van der Waals surface area contributed by atoms with Gasteiger partial charge in [-0.3, -0.25) is 10.1 Å². The number of unbranched alkanes of at least 4 members (excludes halogenated alkanes) is 1. The summed E-state index contributed by atoms with van der Waals surface area (Å²) in [4.78, 5) is 12.5. The van der Waals surface area contributed by atoms with E-state index >= 15 is 0 Å². The number of carbonyl (C=O) groups is 1. The Labute approximate surface area is 151 Å². The highest BCUT2D eigenvalue weighted by atomic mass is 32.1. The van der Waals surface area contributed by atoms with Crippen molar-refractivity contribution in [3.8, 4) is 11.5 Å². The molecule has 0 unspecified atom stereocenters. The number of nitrogens with zero attached hydrogens (tertiary/aromatic N) is 2. The van der Waals surface area contributed by atoms with Crippen LogP contribution in [0.3, 0.4) is 0 Å². The molecule has 0 saturated heterocycles. The van der Waals surface area contributed by atoms with Crippen molar-refractivity contribution in [2.75, 3.05) is 18.5 Å². The van der Waals surface area contributed by atoms with Crippen LogP contribution in [0.5, 0.6) is 11.5 Å². The molecule has 1 aromatic carbocycles. The van der Waals surface area contributed by atoms with Gasteiger partial charge in [0.2, 0.25) is 5.13 Å². The van der Waals surface area contributed by atoms with Crippen molar-refractivity contribution in [2.24, 2.45) is 0 Å². The van der Waals surface area contributed by atoms with Gasteiger partial charge in [-0.15, -0.1) is 10.2 Å². The number of ether oxygens (including phenoxy) is 2. The Bertz CT molecular complexity index is 728. The van der Waals surface area contributed by atoms with Gasteiger partial charge in [0, 0.05) is 11.5 Å². The number of anilines is 1. The number of hydrogen-bond acceptors (Lipinski definition) is 6. The largest absolute Gasteiger partial charge is 0.490 e. The highest BCUT2D eigenvalue weighted by Crippen LogP contribution is 2.42. The van der Waals surface area contributed by atoms with Crippen LogP contribution in [0.4, 0.5) is 5.13 Å². The maximum atomic E-state index is 12.5. The molecule has 1 aliphatic rings. The Kier molecular flexibility index (Phi) is 5.86. The van der Waals surface area contributed by atoms with Gasteiger partial charge >= 0.3 is 0 Å². The third kappa shape index (κ3) is 4.69. The number of hydrogen-bond donors (Lipinski definition) is 1. The van der Waals surface area contributed by atoms with E-state index in [0.29, 0.717) is 41.3 Å². The van der Waals surface area contributed by atoms with Gasteiger partial charge < -0.3 is 9.47 Å². The first-order chi connectivity index (χ1) is 12.2. The lowest BCUT2D eigenvalue weighted by Gasteiger charge is -2.13. The van der Waals surface area contributed by atoms with Gasteiger partial charge in [0.1, 0.15) is 5.01 Å². The number of carbonyl (C=O) groups excluding carboxylic acids is 1. The summed E-state index contributed by atoms with van der Waals surface area (Å²) in [6.07, 6.45) is 4.38. The van der Waals surface area contributed by atoms with E-state index in [9.17, 15) is 4.79 Å². The first kappa shape index (κ1) is 17.7. The predicted octanol–water partition coefficient (Wildman–Crippen LogP) is 4.25. The van der Waals surface area contributed by atoms with Gasteiger partial charge in [0.25, 0.3) is 5.91 Å².